The Morgan fingerprint density at radius 2 is 1.62 bits per heavy atom. The summed E-state index contributed by atoms with van der Waals surface area (Å²) in [4.78, 5) is 9.65. The van der Waals surface area contributed by atoms with E-state index in [9.17, 15) is 4.79 Å². The second kappa shape index (κ2) is 3.14. The van der Waals surface area contributed by atoms with Crippen LogP contribution < -0.4 is 17.2 Å². The molecule has 5 heteroatoms. The van der Waals surface area contributed by atoms with Gasteiger partial charge in [-0.1, -0.05) is 18.2 Å². The summed E-state index contributed by atoms with van der Waals surface area (Å²) in [6.07, 6.45) is 0. The van der Waals surface area contributed by atoms with Crippen molar-refractivity contribution in [3.8, 4) is 11.1 Å². The van der Waals surface area contributed by atoms with Gasteiger partial charge in [-0.05, 0) is 17.2 Å². The molecule has 7 N–H and O–H groups in total. The first-order valence-corrected chi connectivity index (χ1v) is 3.62. The van der Waals surface area contributed by atoms with Crippen molar-refractivity contribution in [3.05, 3.63) is 24.3 Å². The number of hydrogen-bond donors (Lipinski definition) is 4. The maximum absolute atomic E-state index is 9.65. The quantitative estimate of drug-likeness (QED) is 0.433. The molecule has 0 radical (unpaired) electrons. The Morgan fingerprint density at radius 1 is 1.23 bits per heavy atom. The van der Waals surface area contributed by atoms with Crippen LogP contribution in [0.25, 0.3) is 11.1 Å². The van der Waals surface area contributed by atoms with E-state index in [4.69, 9.17) is 5.11 Å². The second-order valence-electron chi connectivity index (χ2n) is 2.82. The first-order valence-electron chi connectivity index (χ1n) is 3.62. The lowest BCUT2D eigenvalue weighted by Crippen LogP contribution is -2.64. The monoisotopic (exact) mass is 181 g/mol. The number of carboxylic acid groups (broad SMARTS) is 1. The van der Waals surface area contributed by atoms with Crippen molar-refractivity contribution in [3.63, 3.8) is 0 Å². The number of carbonyl (C=O) groups is 1. The van der Waals surface area contributed by atoms with E-state index in [2.05, 4.69) is 41.5 Å². The van der Waals surface area contributed by atoms with Gasteiger partial charge in [-0.15, -0.1) is 0 Å². The van der Waals surface area contributed by atoms with Crippen molar-refractivity contribution in [2.45, 2.75) is 5.79 Å². The number of hydrogen-bond acceptors (Lipinski definition) is 4. The average molecular weight is 181 g/mol. The molecular formula is C8H11N3O2. The van der Waals surface area contributed by atoms with Crippen LogP contribution >= 0.6 is 0 Å². The molecule has 2 rings (SSSR count). The fourth-order valence-electron chi connectivity index (χ4n) is 0.676. The van der Waals surface area contributed by atoms with Crippen LogP contribution in [-0.4, -0.2) is 16.9 Å². The van der Waals surface area contributed by atoms with Crippen molar-refractivity contribution >= 4 is 5.97 Å². The summed E-state index contributed by atoms with van der Waals surface area (Å²) >= 11 is 0. The van der Waals surface area contributed by atoms with Crippen molar-refractivity contribution in [2.24, 2.45) is 17.2 Å². The van der Waals surface area contributed by atoms with Crippen molar-refractivity contribution in [2.75, 3.05) is 0 Å². The molecule has 2 aliphatic rings. The zero-order valence-electron chi connectivity index (χ0n) is 6.90. The molecule has 70 valence electrons. The Bertz CT molecular complexity index is 313. The Labute approximate surface area is 75.1 Å². The third kappa shape index (κ3) is 2.83. The number of nitrogens with two attached hydrogens (primary N) is 3. The number of fused-ring (bicyclic) bond motifs is 1. The molecule has 0 bridgehead atoms. The van der Waals surface area contributed by atoms with Gasteiger partial charge < -0.3 is 5.11 Å². The van der Waals surface area contributed by atoms with E-state index in [0.717, 1.165) is 0 Å². The highest BCUT2D eigenvalue weighted by atomic mass is 16.4. The molecule has 0 atom stereocenters. The van der Waals surface area contributed by atoms with Crippen LogP contribution in [0.5, 0.6) is 0 Å². The zero-order valence-corrected chi connectivity index (χ0v) is 6.90. The van der Waals surface area contributed by atoms with Gasteiger partial charge in [0.15, 0.2) is 0 Å². The van der Waals surface area contributed by atoms with Crippen molar-refractivity contribution in [1.82, 2.24) is 0 Å². The van der Waals surface area contributed by atoms with Gasteiger partial charge in [0.05, 0.1) is 0 Å². The minimum Gasteiger partial charge on any atom is -0.478 e. The first-order chi connectivity index (χ1) is 5.91. The summed E-state index contributed by atoms with van der Waals surface area (Å²) in [5, 5.41) is 7.88. The first kappa shape index (κ1) is 9.66. The molecule has 0 heterocycles. The van der Waals surface area contributed by atoms with E-state index in [-0.39, 0.29) is 0 Å². The van der Waals surface area contributed by atoms with E-state index in [1.807, 2.05) is 0 Å². The number of aliphatic carboxylic acids is 1. The lowest BCUT2D eigenvalue weighted by Gasteiger charge is -2.09. The van der Waals surface area contributed by atoms with E-state index >= 15 is 0 Å². The predicted molar refractivity (Wildman–Crippen MR) is 48.4 cm³/mol. The molecule has 0 aromatic carbocycles. The highest BCUT2D eigenvalue weighted by Crippen LogP contribution is 2.32. The third-order valence-corrected chi connectivity index (χ3v) is 1.48. The van der Waals surface area contributed by atoms with Gasteiger partial charge in [-0.2, -0.15) is 0 Å². The standard InChI is InChI=1S/C6H4.C2H7N3O2/c1-2-5-4-6(5)3-1;3-2(4,5)1(6)7/h1-4H;3-5H2,(H,6,7). The van der Waals surface area contributed by atoms with Crippen LogP contribution in [0.4, 0.5) is 0 Å². The summed E-state index contributed by atoms with van der Waals surface area (Å²) in [7, 11) is 0. The highest BCUT2D eigenvalue weighted by molar-refractivity contribution is 5.80. The van der Waals surface area contributed by atoms with Gasteiger partial charge in [-0.25, -0.2) is 4.79 Å². The van der Waals surface area contributed by atoms with Crippen LogP contribution in [0.2, 0.25) is 0 Å². The minimum absolute atomic E-state index is 1.42. The Kier molecular flexibility index (Phi) is 2.33. The topological polar surface area (TPSA) is 115 Å². The summed E-state index contributed by atoms with van der Waals surface area (Å²) in [5.41, 5.74) is 16.8. The van der Waals surface area contributed by atoms with Crippen LogP contribution in [-0.2, 0) is 4.79 Å². The second-order valence-corrected chi connectivity index (χ2v) is 2.82. The van der Waals surface area contributed by atoms with Crippen LogP contribution in [0.3, 0.4) is 0 Å². The van der Waals surface area contributed by atoms with Crippen LogP contribution in [0, 0.1) is 0 Å². The smallest absolute Gasteiger partial charge is 0.354 e. The number of benzene rings is 1. The Hall–Kier alpha value is -1.43. The minimum atomic E-state index is -2.08. The van der Waals surface area contributed by atoms with E-state index < -0.39 is 11.8 Å². The largest absolute Gasteiger partial charge is 0.478 e. The van der Waals surface area contributed by atoms with Gasteiger partial charge >= 0.3 is 5.97 Å². The van der Waals surface area contributed by atoms with E-state index in [1.165, 1.54) is 11.1 Å². The average Bonchev–Trinajstić information content (AvgIpc) is 2.59. The van der Waals surface area contributed by atoms with Gasteiger partial charge in [0.2, 0.25) is 5.79 Å². The maximum Gasteiger partial charge on any atom is 0.354 e. The predicted octanol–water partition coefficient (Wildman–Crippen LogP) is -0.732. The van der Waals surface area contributed by atoms with Crippen LogP contribution in [0.15, 0.2) is 24.3 Å². The lowest BCUT2D eigenvalue weighted by atomic mass is 10.4. The van der Waals surface area contributed by atoms with Gasteiger partial charge in [0.1, 0.15) is 0 Å². The molecule has 5 nitrogen and oxygen atoms in total. The summed E-state index contributed by atoms with van der Waals surface area (Å²) in [5.74, 6) is -3.51. The Balaban J connectivity index is 0.000000130. The molecule has 0 aliphatic heterocycles. The van der Waals surface area contributed by atoms with Crippen molar-refractivity contribution in [1.29, 1.82) is 0 Å². The summed E-state index contributed by atoms with van der Waals surface area (Å²) in [6.45, 7) is 0. The summed E-state index contributed by atoms with van der Waals surface area (Å²) in [6, 6.07) is 8.48. The molecule has 0 fully saturated rings. The molecule has 13 heavy (non-hydrogen) atoms. The molecule has 0 aromatic heterocycles. The molecular weight excluding hydrogens is 170 g/mol. The molecule has 0 saturated heterocycles. The fourth-order valence-corrected chi connectivity index (χ4v) is 0.676. The van der Waals surface area contributed by atoms with E-state index in [1.54, 1.807) is 0 Å². The van der Waals surface area contributed by atoms with E-state index in [0.29, 0.717) is 0 Å². The van der Waals surface area contributed by atoms with Crippen LogP contribution in [0.1, 0.15) is 0 Å². The Morgan fingerprint density at radius 3 is 1.69 bits per heavy atom. The summed E-state index contributed by atoms with van der Waals surface area (Å²) < 4.78 is 0. The van der Waals surface area contributed by atoms with Gasteiger partial charge in [-0.3, -0.25) is 17.2 Å². The molecule has 0 saturated carbocycles. The number of rotatable bonds is 1. The fraction of sp³-hybridized carbons (Fsp3) is 0.125. The molecule has 0 amide bonds. The van der Waals surface area contributed by atoms with Gasteiger partial charge in [0.25, 0.3) is 0 Å². The zero-order chi connectivity index (χ0) is 10.1. The SMILES string of the molecule is NC(N)(N)C(=O)O.c1cc2cc-2c1. The molecule has 0 spiro atoms. The normalized spacial score (nSPS) is 11.3. The highest BCUT2D eigenvalue weighted by Gasteiger charge is 2.21. The lowest BCUT2D eigenvalue weighted by molar-refractivity contribution is -0.142. The molecule has 0 aromatic rings. The van der Waals surface area contributed by atoms with Gasteiger partial charge in [0, 0.05) is 0 Å². The van der Waals surface area contributed by atoms with Crippen molar-refractivity contribution < 1.29 is 9.90 Å². The molecule has 2 aliphatic carbocycles. The third-order valence-electron chi connectivity index (χ3n) is 1.48. The molecule has 0 unspecified atom stereocenters. The number of carboxylic acids is 1. The maximum atomic E-state index is 9.65.